The van der Waals surface area contributed by atoms with E-state index in [1.807, 2.05) is 6.92 Å². The summed E-state index contributed by atoms with van der Waals surface area (Å²) in [7, 11) is 0. The van der Waals surface area contributed by atoms with Crippen LogP contribution in [0.5, 0.6) is 0 Å². The number of amides is 2. The van der Waals surface area contributed by atoms with Gasteiger partial charge in [-0.3, -0.25) is 9.59 Å². The molecule has 0 aromatic carbocycles. The van der Waals surface area contributed by atoms with Crippen molar-refractivity contribution < 1.29 is 14.3 Å². The largest absolute Gasteiger partial charge is 0.381 e. The standard InChI is InChI=1S/C13H22N2O3/c1-3-4-11-13(17)15(9(2)12(16)14-11)7-10-5-6-18-8-10/h9-11H,3-8H2,1-2H3,(H,14,16). The Morgan fingerprint density at radius 3 is 2.83 bits per heavy atom. The van der Waals surface area contributed by atoms with Crippen LogP contribution in [-0.2, 0) is 14.3 Å². The van der Waals surface area contributed by atoms with Crippen LogP contribution in [0.15, 0.2) is 0 Å². The molecule has 2 heterocycles. The molecular formula is C13H22N2O3. The minimum atomic E-state index is -0.355. The topological polar surface area (TPSA) is 58.6 Å². The molecule has 3 atom stereocenters. The van der Waals surface area contributed by atoms with Gasteiger partial charge in [-0.1, -0.05) is 13.3 Å². The number of hydrogen-bond donors (Lipinski definition) is 1. The van der Waals surface area contributed by atoms with E-state index in [2.05, 4.69) is 5.32 Å². The smallest absolute Gasteiger partial charge is 0.245 e. The highest BCUT2D eigenvalue weighted by atomic mass is 16.5. The van der Waals surface area contributed by atoms with Crippen molar-refractivity contribution in [3.8, 4) is 0 Å². The molecule has 2 aliphatic rings. The van der Waals surface area contributed by atoms with Crippen LogP contribution in [0.2, 0.25) is 0 Å². The van der Waals surface area contributed by atoms with Gasteiger partial charge in [-0.05, 0) is 19.8 Å². The van der Waals surface area contributed by atoms with E-state index in [0.717, 1.165) is 25.9 Å². The average molecular weight is 254 g/mol. The van der Waals surface area contributed by atoms with E-state index >= 15 is 0 Å². The second-order valence-electron chi connectivity index (χ2n) is 5.25. The summed E-state index contributed by atoms with van der Waals surface area (Å²) in [6, 6.07) is -0.688. The Kier molecular flexibility index (Phi) is 4.22. The molecule has 0 radical (unpaired) electrons. The zero-order valence-electron chi connectivity index (χ0n) is 11.1. The van der Waals surface area contributed by atoms with Gasteiger partial charge in [0.1, 0.15) is 12.1 Å². The molecule has 2 rings (SSSR count). The van der Waals surface area contributed by atoms with Crippen LogP contribution >= 0.6 is 0 Å². The summed E-state index contributed by atoms with van der Waals surface area (Å²) in [5, 5.41) is 2.81. The van der Waals surface area contributed by atoms with Gasteiger partial charge in [-0.2, -0.15) is 0 Å². The van der Waals surface area contributed by atoms with Crippen molar-refractivity contribution in [2.75, 3.05) is 19.8 Å². The number of ether oxygens (including phenoxy) is 1. The van der Waals surface area contributed by atoms with Gasteiger partial charge in [0.15, 0.2) is 0 Å². The Morgan fingerprint density at radius 2 is 2.22 bits per heavy atom. The Hall–Kier alpha value is -1.10. The first-order valence-corrected chi connectivity index (χ1v) is 6.82. The summed E-state index contributed by atoms with van der Waals surface area (Å²) in [5.41, 5.74) is 0. The molecular weight excluding hydrogens is 232 g/mol. The van der Waals surface area contributed by atoms with Gasteiger partial charge in [0.25, 0.3) is 0 Å². The van der Waals surface area contributed by atoms with Crippen molar-refractivity contribution in [2.45, 2.75) is 45.2 Å². The summed E-state index contributed by atoms with van der Waals surface area (Å²) in [4.78, 5) is 25.9. The number of rotatable bonds is 4. The maximum Gasteiger partial charge on any atom is 0.245 e. The fraction of sp³-hybridized carbons (Fsp3) is 0.846. The highest BCUT2D eigenvalue weighted by Crippen LogP contribution is 2.19. The highest BCUT2D eigenvalue weighted by molar-refractivity contribution is 5.96. The summed E-state index contributed by atoms with van der Waals surface area (Å²) in [6.45, 7) is 5.94. The number of piperazine rings is 1. The van der Waals surface area contributed by atoms with Gasteiger partial charge in [0.05, 0.1) is 6.61 Å². The van der Waals surface area contributed by atoms with E-state index in [0.29, 0.717) is 19.1 Å². The molecule has 102 valence electrons. The molecule has 0 bridgehead atoms. The lowest BCUT2D eigenvalue weighted by molar-refractivity contribution is -0.149. The first-order valence-electron chi connectivity index (χ1n) is 6.82. The van der Waals surface area contributed by atoms with Crippen molar-refractivity contribution in [3.05, 3.63) is 0 Å². The minimum Gasteiger partial charge on any atom is -0.381 e. The van der Waals surface area contributed by atoms with E-state index < -0.39 is 0 Å². The monoisotopic (exact) mass is 254 g/mol. The normalized spacial score (nSPS) is 32.8. The fourth-order valence-corrected chi connectivity index (χ4v) is 2.62. The zero-order chi connectivity index (χ0) is 13.1. The summed E-state index contributed by atoms with van der Waals surface area (Å²) in [5.74, 6) is 0.410. The van der Waals surface area contributed by atoms with Gasteiger partial charge >= 0.3 is 0 Å². The van der Waals surface area contributed by atoms with Crippen molar-refractivity contribution in [1.82, 2.24) is 10.2 Å². The van der Waals surface area contributed by atoms with Gasteiger partial charge in [0, 0.05) is 19.1 Å². The molecule has 5 heteroatoms. The van der Waals surface area contributed by atoms with E-state index in [1.165, 1.54) is 0 Å². The van der Waals surface area contributed by atoms with Crippen molar-refractivity contribution in [1.29, 1.82) is 0 Å². The van der Waals surface area contributed by atoms with Crippen LogP contribution in [0.4, 0.5) is 0 Å². The molecule has 0 aliphatic carbocycles. The molecule has 2 saturated heterocycles. The Labute approximate surface area is 108 Å². The second kappa shape index (κ2) is 5.69. The molecule has 5 nitrogen and oxygen atoms in total. The van der Waals surface area contributed by atoms with Crippen molar-refractivity contribution >= 4 is 11.8 Å². The number of nitrogens with one attached hydrogen (secondary N) is 1. The third kappa shape index (κ3) is 2.66. The van der Waals surface area contributed by atoms with Crippen molar-refractivity contribution in [2.24, 2.45) is 5.92 Å². The third-order valence-corrected chi connectivity index (χ3v) is 3.80. The lowest BCUT2D eigenvalue weighted by Crippen LogP contribution is -2.63. The number of nitrogens with zero attached hydrogens (tertiary/aromatic N) is 1. The third-order valence-electron chi connectivity index (χ3n) is 3.80. The molecule has 0 aromatic heterocycles. The lowest BCUT2D eigenvalue weighted by atomic mass is 10.0. The van der Waals surface area contributed by atoms with Gasteiger partial charge in [-0.25, -0.2) is 0 Å². The second-order valence-corrected chi connectivity index (χ2v) is 5.25. The van der Waals surface area contributed by atoms with Crippen LogP contribution in [0, 0.1) is 5.92 Å². The van der Waals surface area contributed by atoms with Crippen LogP contribution < -0.4 is 5.32 Å². The molecule has 18 heavy (non-hydrogen) atoms. The Morgan fingerprint density at radius 1 is 1.44 bits per heavy atom. The average Bonchev–Trinajstić information content (AvgIpc) is 2.85. The molecule has 1 N–H and O–H groups in total. The van der Waals surface area contributed by atoms with Crippen LogP contribution in [-0.4, -0.2) is 48.6 Å². The van der Waals surface area contributed by atoms with Crippen LogP contribution in [0.1, 0.15) is 33.1 Å². The Bertz CT molecular complexity index is 326. The Balaban J connectivity index is 2.03. The van der Waals surface area contributed by atoms with Gasteiger partial charge in [0.2, 0.25) is 11.8 Å². The number of carbonyl (C=O) groups excluding carboxylic acids is 2. The van der Waals surface area contributed by atoms with E-state index in [9.17, 15) is 9.59 Å². The zero-order valence-corrected chi connectivity index (χ0v) is 11.1. The fourth-order valence-electron chi connectivity index (χ4n) is 2.62. The molecule has 0 saturated carbocycles. The van der Waals surface area contributed by atoms with Gasteiger partial charge < -0.3 is 15.0 Å². The molecule has 0 aromatic rings. The highest BCUT2D eigenvalue weighted by Gasteiger charge is 2.38. The summed E-state index contributed by atoms with van der Waals surface area (Å²) < 4.78 is 5.33. The molecule has 2 aliphatic heterocycles. The molecule has 0 spiro atoms. The maximum atomic E-state index is 12.3. The summed E-state index contributed by atoms with van der Waals surface area (Å²) >= 11 is 0. The van der Waals surface area contributed by atoms with E-state index in [-0.39, 0.29) is 23.9 Å². The quantitative estimate of drug-likeness (QED) is 0.796. The first-order chi connectivity index (χ1) is 8.63. The SMILES string of the molecule is CCCC1NC(=O)C(C)N(CC2CCOC2)C1=O. The number of carbonyl (C=O) groups is 2. The van der Waals surface area contributed by atoms with E-state index in [1.54, 1.807) is 11.8 Å². The van der Waals surface area contributed by atoms with Crippen LogP contribution in [0.25, 0.3) is 0 Å². The molecule has 2 fully saturated rings. The molecule has 2 amide bonds. The predicted molar refractivity (Wildman–Crippen MR) is 66.9 cm³/mol. The summed E-state index contributed by atoms with van der Waals surface area (Å²) in [6.07, 6.45) is 2.59. The maximum absolute atomic E-state index is 12.3. The number of hydrogen-bond acceptors (Lipinski definition) is 3. The first kappa shape index (κ1) is 13.3. The predicted octanol–water partition coefficient (Wildman–Crippen LogP) is 0.538. The lowest BCUT2D eigenvalue weighted by Gasteiger charge is -2.38. The minimum absolute atomic E-state index is 0.0352. The molecule has 3 unspecified atom stereocenters. The van der Waals surface area contributed by atoms with Crippen molar-refractivity contribution in [3.63, 3.8) is 0 Å². The van der Waals surface area contributed by atoms with E-state index in [4.69, 9.17) is 4.74 Å². The van der Waals surface area contributed by atoms with Gasteiger partial charge in [-0.15, -0.1) is 0 Å². The van der Waals surface area contributed by atoms with Crippen LogP contribution in [0.3, 0.4) is 0 Å².